The minimum Gasteiger partial charge on any atom is -0.497 e. The standard InChI is InChI=1S/C29H39NO3S.Ac/c1-29-14-13-24-23-10-7-21(32-4)17-19(23)18-26(28(24)25(29)11-12-27(29)31)34-22-8-5-20(6-9-22)33-16-15-30(2)3;/h5-10,17,24-28,31H,11-16,18H2,1-4H3;. The van der Waals surface area contributed by atoms with Crippen LogP contribution >= 0.6 is 11.8 Å². The van der Waals surface area contributed by atoms with Crippen LogP contribution in [-0.4, -0.2) is 55.7 Å². The molecule has 2 fully saturated rings. The second-order valence-corrected chi connectivity index (χ2v) is 12.3. The molecule has 0 amide bonds. The summed E-state index contributed by atoms with van der Waals surface area (Å²) in [5.74, 6) is 3.65. The maximum atomic E-state index is 10.9. The molecular weight excluding hydrogens is 669 g/mol. The number of rotatable bonds is 7. The van der Waals surface area contributed by atoms with Crippen LogP contribution in [0.2, 0.25) is 0 Å². The van der Waals surface area contributed by atoms with Gasteiger partial charge in [-0.05, 0) is 117 Å². The van der Waals surface area contributed by atoms with E-state index in [0.717, 1.165) is 43.7 Å². The van der Waals surface area contributed by atoms with Crippen molar-refractivity contribution in [3.63, 3.8) is 0 Å². The number of methoxy groups -OCH3 is 1. The minimum absolute atomic E-state index is 0. The van der Waals surface area contributed by atoms with Gasteiger partial charge >= 0.3 is 0 Å². The summed E-state index contributed by atoms with van der Waals surface area (Å²) in [6, 6.07) is 15.4. The maximum Gasteiger partial charge on any atom is 0.119 e. The number of fused-ring (bicyclic) bond motifs is 5. The van der Waals surface area contributed by atoms with Crippen LogP contribution in [0.25, 0.3) is 0 Å². The fourth-order valence-corrected chi connectivity index (χ4v) is 8.35. The van der Waals surface area contributed by atoms with Gasteiger partial charge in [0.2, 0.25) is 0 Å². The molecule has 1 N–H and O–H groups in total. The van der Waals surface area contributed by atoms with Crippen molar-refractivity contribution in [3.8, 4) is 11.5 Å². The van der Waals surface area contributed by atoms with E-state index in [1.807, 2.05) is 11.8 Å². The Hall–Kier alpha value is -0.248. The number of hydrogen-bond donors (Lipinski definition) is 1. The molecule has 6 atom stereocenters. The van der Waals surface area contributed by atoms with Crippen LogP contribution in [0.3, 0.4) is 0 Å². The van der Waals surface area contributed by atoms with Crippen LogP contribution < -0.4 is 9.47 Å². The van der Waals surface area contributed by atoms with Crippen LogP contribution in [-0.2, 0) is 6.42 Å². The van der Waals surface area contributed by atoms with Gasteiger partial charge in [-0.25, -0.2) is 0 Å². The summed E-state index contributed by atoms with van der Waals surface area (Å²) >= 11 is 2.03. The Balaban J connectivity index is 0.00000289. The molecule has 3 aliphatic rings. The number of ether oxygens (including phenoxy) is 2. The SMILES string of the molecule is COc1ccc2c(c1)CC(Sc1ccc(OCCN(C)C)cc1)C1C2CCC2(C)C(O)CCC12.[Ac]. The molecule has 2 aromatic carbocycles. The van der Waals surface area contributed by atoms with Gasteiger partial charge in [-0.2, -0.15) is 0 Å². The minimum atomic E-state index is -0.153. The van der Waals surface area contributed by atoms with Crippen molar-refractivity contribution < 1.29 is 58.6 Å². The molecule has 1 radical (unpaired) electrons. The van der Waals surface area contributed by atoms with Gasteiger partial charge in [-0.3, -0.25) is 0 Å². The van der Waals surface area contributed by atoms with Gasteiger partial charge in [0.25, 0.3) is 0 Å². The molecule has 0 aromatic heterocycles. The Bertz CT molecular complexity index is 1000. The first kappa shape index (κ1) is 27.8. The molecule has 6 unspecified atom stereocenters. The smallest absolute Gasteiger partial charge is 0.119 e. The summed E-state index contributed by atoms with van der Waals surface area (Å²) in [5, 5.41) is 11.4. The van der Waals surface area contributed by atoms with Gasteiger partial charge in [-0.1, -0.05) is 13.0 Å². The van der Waals surface area contributed by atoms with E-state index in [2.05, 4.69) is 68.4 Å². The van der Waals surface area contributed by atoms with Gasteiger partial charge in [0.15, 0.2) is 0 Å². The second-order valence-electron chi connectivity index (χ2n) is 11.0. The van der Waals surface area contributed by atoms with Gasteiger partial charge in [0.05, 0.1) is 13.2 Å². The Kier molecular flexibility index (Phi) is 9.24. The molecule has 187 valence electrons. The Morgan fingerprint density at radius 3 is 2.51 bits per heavy atom. The third kappa shape index (κ3) is 5.63. The second kappa shape index (κ2) is 11.6. The van der Waals surface area contributed by atoms with Crippen LogP contribution in [0, 0.1) is 61.3 Å². The third-order valence-corrected chi connectivity index (χ3v) is 10.1. The summed E-state index contributed by atoms with van der Waals surface area (Å²) in [6.07, 6.45) is 5.31. The molecule has 5 rings (SSSR count). The van der Waals surface area contributed by atoms with Crippen molar-refractivity contribution in [2.45, 2.75) is 61.2 Å². The summed E-state index contributed by atoms with van der Waals surface area (Å²) in [7, 11) is 5.88. The zero-order valence-electron chi connectivity index (χ0n) is 21.6. The zero-order chi connectivity index (χ0) is 23.9. The molecule has 0 spiro atoms. The van der Waals surface area contributed by atoms with Crippen LogP contribution in [0.5, 0.6) is 11.5 Å². The van der Waals surface area contributed by atoms with E-state index in [0.29, 0.717) is 29.6 Å². The third-order valence-electron chi connectivity index (χ3n) is 8.80. The predicted molar refractivity (Wildman–Crippen MR) is 139 cm³/mol. The van der Waals surface area contributed by atoms with E-state index in [-0.39, 0.29) is 55.6 Å². The fraction of sp³-hybridized carbons (Fsp3) is 0.586. The molecule has 0 bridgehead atoms. The quantitative estimate of drug-likeness (QED) is 0.405. The monoisotopic (exact) mass is 708 g/mol. The number of aliphatic hydroxyl groups excluding tert-OH is 1. The van der Waals surface area contributed by atoms with Gasteiger partial charge < -0.3 is 19.5 Å². The molecule has 0 saturated heterocycles. The number of benzene rings is 2. The number of thioether (sulfide) groups is 1. The summed E-state index contributed by atoms with van der Waals surface area (Å²) in [4.78, 5) is 3.44. The molecular formula is C29H39AcNO3S. The van der Waals surface area contributed by atoms with Gasteiger partial charge in [0.1, 0.15) is 18.1 Å². The van der Waals surface area contributed by atoms with Crippen molar-refractivity contribution in [2.75, 3.05) is 34.4 Å². The van der Waals surface area contributed by atoms with E-state index >= 15 is 0 Å². The number of aliphatic hydroxyl groups is 1. The first-order valence-corrected chi connectivity index (χ1v) is 13.7. The summed E-state index contributed by atoms with van der Waals surface area (Å²) in [6.45, 7) is 3.97. The molecule has 0 aliphatic heterocycles. The van der Waals surface area contributed by atoms with E-state index in [4.69, 9.17) is 9.47 Å². The first-order valence-electron chi connectivity index (χ1n) is 12.8. The van der Waals surface area contributed by atoms with E-state index in [1.54, 1.807) is 7.11 Å². The molecule has 6 heteroatoms. The average Bonchev–Trinajstić information content (AvgIpc) is 3.13. The Labute approximate surface area is 251 Å². The zero-order valence-corrected chi connectivity index (χ0v) is 27.1. The topological polar surface area (TPSA) is 41.9 Å². The summed E-state index contributed by atoms with van der Waals surface area (Å²) in [5.41, 5.74) is 3.04. The van der Waals surface area contributed by atoms with Crippen molar-refractivity contribution in [1.29, 1.82) is 0 Å². The molecule has 4 nitrogen and oxygen atoms in total. The number of likely N-dealkylation sites (N-methyl/N-ethyl adjacent to an activating group) is 1. The Morgan fingerprint density at radius 1 is 1.06 bits per heavy atom. The van der Waals surface area contributed by atoms with Gasteiger partial charge in [-0.15, -0.1) is 11.8 Å². The van der Waals surface area contributed by atoms with Gasteiger partial charge in [0, 0.05) is 60.8 Å². The van der Waals surface area contributed by atoms with E-state index < -0.39 is 0 Å². The largest absolute Gasteiger partial charge is 0.497 e. The molecule has 0 heterocycles. The molecule has 35 heavy (non-hydrogen) atoms. The first-order chi connectivity index (χ1) is 16.4. The van der Waals surface area contributed by atoms with Crippen LogP contribution in [0.4, 0.5) is 0 Å². The molecule has 2 aromatic rings. The Morgan fingerprint density at radius 2 is 1.80 bits per heavy atom. The normalized spacial score (nSPS) is 31.2. The number of nitrogens with zero attached hydrogens (tertiary/aromatic N) is 1. The van der Waals surface area contributed by atoms with Crippen molar-refractivity contribution in [1.82, 2.24) is 4.90 Å². The fourth-order valence-electron chi connectivity index (χ4n) is 6.90. The maximum absolute atomic E-state index is 10.9. The predicted octanol–water partition coefficient (Wildman–Crippen LogP) is 5.62. The van der Waals surface area contributed by atoms with Crippen molar-refractivity contribution in [3.05, 3.63) is 53.6 Å². The summed E-state index contributed by atoms with van der Waals surface area (Å²) < 4.78 is 11.5. The van der Waals surface area contributed by atoms with Crippen molar-refractivity contribution >= 4 is 11.8 Å². The number of hydrogen-bond acceptors (Lipinski definition) is 5. The van der Waals surface area contributed by atoms with E-state index in [9.17, 15) is 5.11 Å². The van der Waals surface area contributed by atoms with Crippen molar-refractivity contribution in [2.24, 2.45) is 17.3 Å². The van der Waals surface area contributed by atoms with E-state index in [1.165, 1.54) is 22.4 Å². The van der Waals surface area contributed by atoms with Crippen LogP contribution in [0.1, 0.15) is 49.7 Å². The molecule has 2 saturated carbocycles. The average molecular weight is 709 g/mol. The van der Waals surface area contributed by atoms with Crippen LogP contribution in [0.15, 0.2) is 47.4 Å². The molecule has 3 aliphatic carbocycles.